The molecule has 4 N–H and O–H groups in total. The van der Waals surface area contributed by atoms with Gasteiger partial charge >= 0.3 is 12.2 Å². The first-order chi connectivity index (χ1) is 16.7. The van der Waals surface area contributed by atoms with Crippen LogP contribution in [0, 0.1) is 0 Å². The summed E-state index contributed by atoms with van der Waals surface area (Å²) in [5, 5.41) is 12.5. The number of carbonyl (C=O) groups is 2. The molecule has 0 atom stereocenters. The molecule has 3 aromatic heterocycles. The van der Waals surface area contributed by atoms with E-state index in [4.69, 9.17) is 0 Å². The second-order valence-electron chi connectivity index (χ2n) is 7.18. The van der Waals surface area contributed by atoms with Gasteiger partial charge in [-0.1, -0.05) is 0 Å². The highest BCUT2D eigenvalue weighted by Crippen LogP contribution is 2.36. The van der Waals surface area contributed by atoms with Gasteiger partial charge in [0.05, 0.1) is 21.5 Å². The Balaban J connectivity index is 1.33. The first-order valence-electron chi connectivity index (χ1n) is 10.1. The number of nitrogens with zero attached hydrogens (tertiary/aromatic N) is 3. The van der Waals surface area contributed by atoms with Crippen LogP contribution in [0.15, 0.2) is 42.2 Å². The lowest BCUT2D eigenvalue weighted by atomic mass is 10.1. The van der Waals surface area contributed by atoms with Crippen LogP contribution in [0.5, 0.6) is 0 Å². The molecule has 0 bridgehead atoms. The monoisotopic (exact) mass is 521 g/mol. The summed E-state index contributed by atoms with van der Waals surface area (Å²) in [6.45, 7) is 1.69. The molecular formula is C21H18F3N7O2S2. The molecule has 9 nitrogen and oxygen atoms in total. The Morgan fingerprint density at radius 2 is 1.89 bits per heavy atom. The highest BCUT2D eigenvalue weighted by Gasteiger charge is 2.34. The zero-order valence-electron chi connectivity index (χ0n) is 18.1. The lowest BCUT2D eigenvalue weighted by Gasteiger charge is -2.15. The third-order valence-electron chi connectivity index (χ3n) is 4.57. The molecule has 3 amide bonds. The van der Waals surface area contributed by atoms with Crippen LogP contribution in [0.3, 0.4) is 0 Å². The molecule has 0 aliphatic rings. The van der Waals surface area contributed by atoms with Gasteiger partial charge in [0, 0.05) is 36.7 Å². The second kappa shape index (κ2) is 10.2. The van der Waals surface area contributed by atoms with E-state index in [2.05, 4.69) is 36.2 Å². The van der Waals surface area contributed by atoms with Gasteiger partial charge in [-0.25, -0.2) is 19.7 Å². The van der Waals surface area contributed by atoms with Crippen molar-refractivity contribution in [2.24, 2.45) is 0 Å². The molecule has 3 heterocycles. The van der Waals surface area contributed by atoms with E-state index in [0.717, 1.165) is 40.0 Å². The maximum atomic E-state index is 13.3. The topological polar surface area (TPSA) is 121 Å². The second-order valence-corrected chi connectivity index (χ2v) is 9.22. The Hall–Kier alpha value is -3.78. The largest absolute Gasteiger partial charge is 0.418 e. The van der Waals surface area contributed by atoms with Crippen LogP contribution in [0.25, 0.3) is 10.2 Å². The standard InChI is InChI=1S/C21H18F3N7O2S2/c1-11(32)29-15-3-2-12(8-14(15)21(22,23)24)30-19(33)31-20-26-9-13(35-20)4-6-25-18-17-16(5-7-34-17)27-10-28-18/h2-3,5,7-10H,4,6H2,1H3,(H,29,32)(H,25,27,28)(H2,26,30,31,33). The molecule has 0 saturated heterocycles. The van der Waals surface area contributed by atoms with E-state index < -0.39 is 29.4 Å². The molecule has 4 aromatic rings. The maximum Gasteiger partial charge on any atom is 0.418 e. The molecular weight excluding hydrogens is 503 g/mol. The Morgan fingerprint density at radius 1 is 1.06 bits per heavy atom. The van der Waals surface area contributed by atoms with Gasteiger partial charge in [0.2, 0.25) is 5.91 Å². The van der Waals surface area contributed by atoms with E-state index in [9.17, 15) is 22.8 Å². The predicted molar refractivity (Wildman–Crippen MR) is 130 cm³/mol. The summed E-state index contributed by atoms with van der Waals surface area (Å²) < 4.78 is 41.0. The van der Waals surface area contributed by atoms with Crippen molar-refractivity contribution in [1.29, 1.82) is 0 Å². The van der Waals surface area contributed by atoms with Crippen LogP contribution in [-0.4, -0.2) is 33.4 Å². The molecule has 35 heavy (non-hydrogen) atoms. The minimum absolute atomic E-state index is 0.0883. The molecule has 1 aromatic carbocycles. The molecule has 0 fully saturated rings. The average Bonchev–Trinajstić information content (AvgIpc) is 3.43. The number of amides is 3. The minimum atomic E-state index is -4.72. The van der Waals surface area contributed by atoms with E-state index in [-0.39, 0.29) is 5.69 Å². The number of halogens is 3. The summed E-state index contributed by atoms with van der Waals surface area (Å²) in [6, 6.07) is 4.26. The SMILES string of the molecule is CC(=O)Nc1ccc(NC(=O)Nc2ncc(CCNc3ncnc4ccsc34)s2)cc1C(F)(F)F. The van der Waals surface area contributed by atoms with Gasteiger partial charge < -0.3 is 16.0 Å². The van der Waals surface area contributed by atoms with Gasteiger partial charge in [-0.3, -0.25) is 10.1 Å². The summed E-state index contributed by atoms with van der Waals surface area (Å²) in [5.74, 6) is 0.107. The van der Waals surface area contributed by atoms with Crippen molar-refractivity contribution in [1.82, 2.24) is 15.0 Å². The highest BCUT2D eigenvalue weighted by molar-refractivity contribution is 7.17. The van der Waals surface area contributed by atoms with Crippen molar-refractivity contribution in [2.45, 2.75) is 19.5 Å². The summed E-state index contributed by atoms with van der Waals surface area (Å²) >= 11 is 2.79. The maximum absolute atomic E-state index is 13.3. The number of anilines is 4. The van der Waals surface area contributed by atoms with Gasteiger partial charge in [-0.2, -0.15) is 13.2 Å². The summed E-state index contributed by atoms with van der Waals surface area (Å²) in [7, 11) is 0. The summed E-state index contributed by atoms with van der Waals surface area (Å²) in [6.07, 6.45) is -0.981. The summed E-state index contributed by atoms with van der Waals surface area (Å²) in [4.78, 5) is 36.9. The molecule has 0 aliphatic carbocycles. The predicted octanol–water partition coefficient (Wildman–Crippen LogP) is 5.42. The van der Waals surface area contributed by atoms with E-state index >= 15 is 0 Å². The molecule has 0 spiro atoms. The van der Waals surface area contributed by atoms with Crippen molar-refractivity contribution < 1.29 is 22.8 Å². The number of thiazole rings is 1. The number of hydrogen-bond acceptors (Lipinski definition) is 8. The fraction of sp³-hybridized carbons (Fsp3) is 0.190. The van der Waals surface area contributed by atoms with Crippen LogP contribution < -0.4 is 21.3 Å². The van der Waals surface area contributed by atoms with Crippen molar-refractivity contribution in [3.63, 3.8) is 0 Å². The fourth-order valence-electron chi connectivity index (χ4n) is 3.11. The fourth-order valence-corrected chi connectivity index (χ4v) is 4.73. The van der Waals surface area contributed by atoms with Crippen LogP contribution in [0.2, 0.25) is 0 Å². The minimum Gasteiger partial charge on any atom is -0.368 e. The number of rotatable bonds is 7. The van der Waals surface area contributed by atoms with Gasteiger partial charge in [0.1, 0.15) is 12.1 Å². The number of fused-ring (bicyclic) bond motifs is 1. The number of nitrogens with one attached hydrogen (secondary N) is 4. The first-order valence-corrected chi connectivity index (χ1v) is 11.8. The number of benzene rings is 1. The number of urea groups is 1. The number of carbonyl (C=O) groups excluding carboxylic acids is 2. The third kappa shape index (κ3) is 6.22. The van der Waals surface area contributed by atoms with E-state index in [1.165, 1.54) is 23.7 Å². The number of hydrogen-bond donors (Lipinski definition) is 4. The molecule has 0 saturated carbocycles. The van der Waals surface area contributed by atoms with Gasteiger partial charge in [-0.15, -0.1) is 22.7 Å². The van der Waals surface area contributed by atoms with Crippen molar-refractivity contribution in [3.8, 4) is 0 Å². The smallest absolute Gasteiger partial charge is 0.368 e. The van der Waals surface area contributed by atoms with Crippen LogP contribution in [0.4, 0.5) is 40.3 Å². The zero-order valence-corrected chi connectivity index (χ0v) is 19.7. The molecule has 0 radical (unpaired) electrons. The average molecular weight is 522 g/mol. The number of alkyl halides is 3. The van der Waals surface area contributed by atoms with Crippen LogP contribution >= 0.6 is 22.7 Å². The molecule has 4 rings (SSSR count). The van der Waals surface area contributed by atoms with E-state index in [1.54, 1.807) is 17.5 Å². The molecule has 0 aliphatic heterocycles. The zero-order chi connectivity index (χ0) is 25.0. The Morgan fingerprint density at radius 3 is 2.66 bits per heavy atom. The summed E-state index contributed by atoms with van der Waals surface area (Å²) in [5.41, 5.74) is -0.682. The van der Waals surface area contributed by atoms with Crippen molar-refractivity contribution in [2.75, 3.05) is 27.8 Å². The quantitative estimate of drug-likeness (QED) is 0.258. The normalized spacial score (nSPS) is 11.3. The Labute approximate surface area is 204 Å². The van der Waals surface area contributed by atoms with Crippen molar-refractivity contribution >= 4 is 67.2 Å². The van der Waals surface area contributed by atoms with Gasteiger partial charge in [0.15, 0.2) is 5.13 Å². The molecule has 182 valence electrons. The molecule has 14 heteroatoms. The van der Waals surface area contributed by atoms with Gasteiger partial charge in [-0.05, 0) is 29.6 Å². The number of aromatic nitrogens is 3. The lowest BCUT2D eigenvalue weighted by molar-refractivity contribution is -0.136. The lowest BCUT2D eigenvalue weighted by Crippen LogP contribution is -2.20. The van der Waals surface area contributed by atoms with Crippen molar-refractivity contribution in [3.05, 3.63) is 52.6 Å². The Bertz CT molecular complexity index is 1370. The van der Waals surface area contributed by atoms with Crippen LogP contribution in [0.1, 0.15) is 17.4 Å². The third-order valence-corrected chi connectivity index (χ3v) is 6.46. The molecule has 0 unspecified atom stereocenters. The van der Waals surface area contributed by atoms with E-state index in [0.29, 0.717) is 18.1 Å². The van der Waals surface area contributed by atoms with E-state index in [1.807, 2.05) is 11.4 Å². The first kappa shape index (κ1) is 24.3. The van der Waals surface area contributed by atoms with Gasteiger partial charge in [0.25, 0.3) is 0 Å². The van der Waals surface area contributed by atoms with Crippen LogP contribution in [-0.2, 0) is 17.4 Å². The Kier molecular flexibility index (Phi) is 7.12. The highest BCUT2D eigenvalue weighted by atomic mass is 32.1. The number of thiophene rings is 1.